The van der Waals surface area contributed by atoms with Gasteiger partial charge in [-0.2, -0.15) is 0 Å². The highest BCUT2D eigenvalue weighted by Crippen LogP contribution is 2.35. The number of ether oxygens (including phenoxy) is 2. The Morgan fingerprint density at radius 2 is 2.12 bits per heavy atom. The van der Waals surface area contributed by atoms with Gasteiger partial charge in [0.2, 0.25) is 0 Å². The largest absolute Gasteiger partial charge is 0.498 e. The topological polar surface area (TPSA) is 64.6 Å². The van der Waals surface area contributed by atoms with Crippen molar-refractivity contribution in [2.45, 2.75) is 65.9 Å². The minimum absolute atomic E-state index is 0.0142. The van der Waals surface area contributed by atoms with Gasteiger partial charge in [-0.1, -0.05) is 19.9 Å². The third-order valence-corrected chi connectivity index (χ3v) is 4.00. The van der Waals surface area contributed by atoms with Gasteiger partial charge >= 0.3 is 6.09 Å². The number of nitrogens with one attached hydrogen (secondary N) is 1. The first-order chi connectivity index (χ1) is 11.6. The highest BCUT2D eigenvalue weighted by atomic mass is 16.6. The van der Waals surface area contributed by atoms with Crippen LogP contribution in [0.4, 0.5) is 4.79 Å². The fourth-order valence-corrected chi connectivity index (χ4v) is 2.77. The van der Waals surface area contributed by atoms with Crippen molar-refractivity contribution in [1.82, 2.24) is 5.32 Å². The number of carbonyl (C=O) groups is 2. The van der Waals surface area contributed by atoms with Crippen molar-refractivity contribution < 1.29 is 19.1 Å². The molecule has 0 unspecified atom stereocenters. The molecular weight excluding hydrogens is 318 g/mol. The van der Waals surface area contributed by atoms with Crippen LogP contribution in [0, 0.1) is 11.3 Å². The van der Waals surface area contributed by atoms with Gasteiger partial charge < -0.3 is 14.8 Å². The molecule has 1 aliphatic rings. The summed E-state index contributed by atoms with van der Waals surface area (Å²) in [6, 6.07) is 0. The van der Waals surface area contributed by atoms with E-state index in [1.807, 2.05) is 20.8 Å². The van der Waals surface area contributed by atoms with Gasteiger partial charge in [-0.15, -0.1) is 6.58 Å². The lowest BCUT2D eigenvalue weighted by molar-refractivity contribution is -0.123. The van der Waals surface area contributed by atoms with Crippen LogP contribution in [0.2, 0.25) is 0 Å². The average molecular weight is 351 g/mol. The summed E-state index contributed by atoms with van der Waals surface area (Å²) in [5.74, 6) is 1.13. The van der Waals surface area contributed by atoms with Crippen LogP contribution in [0.15, 0.2) is 24.5 Å². The highest BCUT2D eigenvalue weighted by molar-refractivity contribution is 5.96. The third-order valence-electron chi connectivity index (χ3n) is 4.00. The molecule has 1 aliphatic carbocycles. The number of hydrogen-bond acceptors (Lipinski definition) is 4. The predicted molar refractivity (Wildman–Crippen MR) is 99.2 cm³/mol. The Hall–Kier alpha value is -1.78. The summed E-state index contributed by atoms with van der Waals surface area (Å²) >= 11 is 0. The van der Waals surface area contributed by atoms with E-state index in [0.717, 1.165) is 18.6 Å². The molecule has 0 aromatic carbocycles. The molecule has 1 atom stereocenters. The number of rotatable bonds is 7. The smallest absolute Gasteiger partial charge is 0.407 e. The van der Waals surface area contributed by atoms with Crippen LogP contribution in [-0.2, 0) is 14.3 Å². The SMILES string of the molecule is C=CC[C@]1(CNC(=O)OC(C)(C)C)CCCC(OCC(C)C)=CC1=O. The maximum Gasteiger partial charge on any atom is 0.407 e. The van der Waals surface area contributed by atoms with E-state index in [1.165, 1.54) is 0 Å². The van der Waals surface area contributed by atoms with Crippen molar-refractivity contribution in [1.29, 1.82) is 0 Å². The summed E-state index contributed by atoms with van der Waals surface area (Å²) in [4.78, 5) is 24.9. The molecule has 0 radical (unpaired) electrons. The van der Waals surface area contributed by atoms with Gasteiger partial charge in [0.1, 0.15) is 5.60 Å². The molecule has 5 heteroatoms. The van der Waals surface area contributed by atoms with E-state index in [9.17, 15) is 9.59 Å². The van der Waals surface area contributed by atoms with Gasteiger partial charge in [0.05, 0.1) is 17.8 Å². The predicted octanol–water partition coefficient (Wildman–Crippen LogP) is 4.38. The fourth-order valence-electron chi connectivity index (χ4n) is 2.77. The molecule has 1 amide bonds. The van der Waals surface area contributed by atoms with Crippen LogP contribution in [0.5, 0.6) is 0 Å². The zero-order valence-electron chi connectivity index (χ0n) is 16.3. The summed E-state index contributed by atoms with van der Waals surface area (Å²) in [6.07, 6.45) is 5.60. The van der Waals surface area contributed by atoms with Crippen LogP contribution in [0.3, 0.4) is 0 Å². The van der Waals surface area contributed by atoms with E-state index in [1.54, 1.807) is 12.2 Å². The van der Waals surface area contributed by atoms with E-state index in [-0.39, 0.29) is 12.3 Å². The minimum Gasteiger partial charge on any atom is -0.498 e. The molecule has 0 bridgehead atoms. The number of carbonyl (C=O) groups excluding carboxylic acids is 2. The number of ketones is 1. The summed E-state index contributed by atoms with van der Waals surface area (Å²) in [6.45, 7) is 14.2. The maximum atomic E-state index is 12.9. The lowest BCUT2D eigenvalue weighted by Gasteiger charge is -2.30. The van der Waals surface area contributed by atoms with Gasteiger partial charge in [-0.3, -0.25) is 4.79 Å². The molecule has 0 spiro atoms. The Morgan fingerprint density at radius 1 is 1.44 bits per heavy atom. The Labute approximate surface area is 151 Å². The maximum absolute atomic E-state index is 12.9. The number of amides is 1. The molecule has 25 heavy (non-hydrogen) atoms. The zero-order valence-corrected chi connectivity index (χ0v) is 16.3. The number of hydrogen-bond donors (Lipinski definition) is 1. The second kappa shape index (κ2) is 9.07. The summed E-state index contributed by atoms with van der Waals surface area (Å²) in [5.41, 5.74) is -1.25. The number of alkyl carbamates (subject to hydrolysis) is 1. The Bertz CT molecular complexity index is 516. The molecule has 0 aliphatic heterocycles. The summed E-state index contributed by atoms with van der Waals surface area (Å²) < 4.78 is 11.0. The minimum atomic E-state index is -0.679. The Morgan fingerprint density at radius 3 is 2.68 bits per heavy atom. The molecule has 1 rings (SSSR count). The van der Waals surface area contributed by atoms with Crippen LogP contribution in [0.1, 0.15) is 60.3 Å². The molecule has 0 aromatic heterocycles. The van der Waals surface area contributed by atoms with Crippen LogP contribution in [-0.4, -0.2) is 30.6 Å². The Kier molecular flexibility index (Phi) is 7.71. The first-order valence-electron chi connectivity index (χ1n) is 9.03. The first-order valence-corrected chi connectivity index (χ1v) is 9.03. The van der Waals surface area contributed by atoms with Gasteiger partial charge in [-0.05, 0) is 46.0 Å². The van der Waals surface area contributed by atoms with E-state index in [0.29, 0.717) is 25.4 Å². The second-order valence-corrected chi connectivity index (χ2v) is 8.16. The summed E-state index contributed by atoms with van der Waals surface area (Å²) in [5, 5.41) is 2.76. The quantitative estimate of drug-likeness (QED) is 0.691. The van der Waals surface area contributed by atoms with Crippen LogP contribution >= 0.6 is 0 Å². The van der Waals surface area contributed by atoms with Crippen molar-refractivity contribution in [2.24, 2.45) is 11.3 Å². The number of allylic oxidation sites excluding steroid dienone is 3. The summed E-state index contributed by atoms with van der Waals surface area (Å²) in [7, 11) is 0. The fraction of sp³-hybridized carbons (Fsp3) is 0.700. The van der Waals surface area contributed by atoms with Gasteiger partial charge in [0.25, 0.3) is 0 Å². The van der Waals surface area contributed by atoms with Crippen molar-refractivity contribution in [3.05, 3.63) is 24.5 Å². The monoisotopic (exact) mass is 351 g/mol. The standard InChI is InChI=1S/C20H33NO4/c1-7-10-20(14-21-18(23)25-19(4,5)6)11-8-9-16(12-17(20)22)24-13-15(2)3/h7,12,15H,1,8-11,13-14H2,2-6H3,(H,21,23)/t20-/m1/s1. The van der Waals surface area contributed by atoms with Crippen molar-refractivity contribution in [3.8, 4) is 0 Å². The molecule has 0 aromatic rings. The van der Waals surface area contributed by atoms with E-state index >= 15 is 0 Å². The normalized spacial score (nSPS) is 21.4. The molecule has 0 heterocycles. The van der Waals surface area contributed by atoms with E-state index in [2.05, 4.69) is 25.7 Å². The van der Waals surface area contributed by atoms with Crippen molar-refractivity contribution in [3.63, 3.8) is 0 Å². The zero-order chi connectivity index (χ0) is 19.1. The van der Waals surface area contributed by atoms with Crippen molar-refractivity contribution >= 4 is 11.9 Å². The van der Waals surface area contributed by atoms with E-state index < -0.39 is 17.1 Å². The molecule has 0 saturated carbocycles. The van der Waals surface area contributed by atoms with Crippen molar-refractivity contribution in [2.75, 3.05) is 13.2 Å². The lowest BCUT2D eigenvalue weighted by atomic mass is 9.76. The highest BCUT2D eigenvalue weighted by Gasteiger charge is 2.38. The third kappa shape index (κ3) is 7.32. The molecule has 5 nitrogen and oxygen atoms in total. The molecule has 142 valence electrons. The molecule has 0 fully saturated rings. The second-order valence-electron chi connectivity index (χ2n) is 8.16. The van der Waals surface area contributed by atoms with Gasteiger partial charge in [0, 0.05) is 19.0 Å². The van der Waals surface area contributed by atoms with Gasteiger partial charge in [0.15, 0.2) is 5.78 Å². The lowest BCUT2D eigenvalue weighted by Crippen LogP contribution is -2.43. The first kappa shape index (κ1) is 21.3. The Balaban J connectivity index is 2.83. The molecule has 0 saturated heterocycles. The van der Waals surface area contributed by atoms with Crippen LogP contribution in [0.25, 0.3) is 0 Å². The molecular formula is C20H33NO4. The molecule has 1 N–H and O–H groups in total. The van der Waals surface area contributed by atoms with E-state index in [4.69, 9.17) is 9.47 Å². The van der Waals surface area contributed by atoms with Gasteiger partial charge in [-0.25, -0.2) is 4.79 Å². The van der Waals surface area contributed by atoms with Crippen LogP contribution < -0.4 is 5.32 Å². The average Bonchev–Trinajstić information content (AvgIpc) is 2.62.